The molecule has 0 aliphatic carbocycles. The molecule has 2 aromatic carbocycles. The van der Waals surface area contributed by atoms with Crippen LogP contribution in [0.25, 0.3) is 10.6 Å². The smallest absolute Gasteiger partial charge is 0.387 e. The van der Waals surface area contributed by atoms with Crippen LogP contribution in [0.5, 0.6) is 11.5 Å². The maximum Gasteiger partial charge on any atom is 0.387 e. The summed E-state index contributed by atoms with van der Waals surface area (Å²) in [6, 6.07) is 13.6. The molecule has 0 fully saturated rings. The number of nitrogens with one attached hydrogen (secondary N) is 1. The van der Waals surface area contributed by atoms with Gasteiger partial charge in [0.1, 0.15) is 16.5 Å². The van der Waals surface area contributed by atoms with Crippen LogP contribution in [-0.2, 0) is 11.2 Å². The van der Waals surface area contributed by atoms with Crippen LogP contribution < -0.4 is 14.8 Å². The molecular formula is C22H22F2N2O3S. The Morgan fingerprint density at radius 1 is 1.17 bits per heavy atom. The first-order valence-corrected chi connectivity index (χ1v) is 10.3. The summed E-state index contributed by atoms with van der Waals surface area (Å²) in [4.78, 5) is 16.9. The van der Waals surface area contributed by atoms with Crippen LogP contribution in [0.2, 0.25) is 0 Å². The second-order valence-electron chi connectivity index (χ2n) is 6.52. The number of amides is 1. The number of ether oxygens (including phenoxy) is 2. The lowest BCUT2D eigenvalue weighted by Gasteiger charge is -2.15. The molecule has 0 aliphatic rings. The zero-order valence-electron chi connectivity index (χ0n) is 16.6. The number of halogens is 2. The van der Waals surface area contributed by atoms with Gasteiger partial charge in [0.2, 0.25) is 5.91 Å². The van der Waals surface area contributed by atoms with Crippen molar-refractivity contribution in [3.05, 3.63) is 65.2 Å². The maximum absolute atomic E-state index is 12.4. The van der Waals surface area contributed by atoms with Gasteiger partial charge in [-0.1, -0.05) is 12.1 Å². The van der Waals surface area contributed by atoms with E-state index in [1.165, 1.54) is 23.5 Å². The van der Waals surface area contributed by atoms with Crippen molar-refractivity contribution >= 4 is 17.2 Å². The molecule has 1 amide bonds. The Labute approximate surface area is 177 Å². The van der Waals surface area contributed by atoms with Gasteiger partial charge in [-0.25, -0.2) is 4.98 Å². The van der Waals surface area contributed by atoms with Crippen molar-refractivity contribution in [3.63, 3.8) is 0 Å². The highest BCUT2D eigenvalue weighted by atomic mass is 32.1. The summed E-state index contributed by atoms with van der Waals surface area (Å²) in [5, 5.41) is 5.54. The molecule has 1 aromatic heterocycles. The summed E-state index contributed by atoms with van der Waals surface area (Å²) < 4.78 is 34.6. The lowest BCUT2D eigenvalue weighted by atomic mass is 10.1. The van der Waals surface area contributed by atoms with Gasteiger partial charge in [-0.15, -0.1) is 11.3 Å². The van der Waals surface area contributed by atoms with Crippen molar-refractivity contribution in [2.45, 2.75) is 32.9 Å². The van der Waals surface area contributed by atoms with E-state index in [2.05, 4.69) is 15.0 Å². The Morgan fingerprint density at radius 2 is 1.93 bits per heavy atom. The summed E-state index contributed by atoms with van der Waals surface area (Å²) in [7, 11) is 0. The molecule has 0 spiro atoms. The van der Waals surface area contributed by atoms with Crippen LogP contribution >= 0.6 is 11.3 Å². The third-order valence-corrected chi connectivity index (χ3v) is 5.21. The summed E-state index contributed by atoms with van der Waals surface area (Å²) >= 11 is 1.47. The van der Waals surface area contributed by atoms with Gasteiger partial charge in [-0.05, 0) is 55.8 Å². The topological polar surface area (TPSA) is 60.5 Å². The van der Waals surface area contributed by atoms with E-state index in [0.29, 0.717) is 17.9 Å². The number of rotatable bonds is 9. The first kappa shape index (κ1) is 21.7. The molecule has 8 heteroatoms. The quantitative estimate of drug-likeness (QED) is 0.503. The largest absolute Gasteiger partial charge is 0.494 e. The summed E-state index contributed by atoms with van der Waals surface area (Å²) in [6.07, 6.45) is 0.130. The fourth-order valence-corrected chi connectivity index (χ4v) is 3.71. The van der Waals surface area contributed by atoms with E-state index in [1.54, 1.807) is 19.1 Å². The van der Waals surface area contributed by atoms with Gasteiger partial charge in [0.05, 0.1) is 24.8 Å². The molecule has 1 N–H and O–H groups in total. The minimum absolute atomic E-state index is 0.0584. The zero-order valence-corrected chi connectivity index (χ0v) is 17.4. The molecule has 0 radical (unpaired) electrons. The number of benzene rings is 2. The van der Waals surface area contributed by atoms with Crippen molar-refractivity contribution in [3.8, 4) is 22.1 Å². The van der Waals surface area contributed by atoms with E-state index < -0.39 is 6.61 Å². The summed E-state index contributed by atoms with van der Waals surface area (Å²) in [6.45, 7) is 1.43. The monoisotopic (exact) mass is 432 g/mol. The minimum Gasteiger partial charge on any atom is -0.494 e. The third-order valence-electron chi connectivity index (χ3n) is 4.27. The van der Waals surface area contributed by atoms with E-state index in [4.69, 9.17) is 4.74 Å². The van der Waals surface area contributed by atoms with Crippen LogP contribution in [0.15, 0.2) is 53.9 Å². The average molecular weight is 432 g/mol. The maximum atomic E-state index is 12.4. The first-order valence-electron chi connectivity index (χ1n) is 9.46. The molecule has 1 heterocycles. The lowest BCUT2D eigenvalue weighted by molar-refractivity contribution is -0.121. The Balaban J connectivity index is 1.59. The van der Waals surface area contributed by atoms with Crippen molar-refractivity contribution in [1.29, 1.82) is 0 Å². The van der Waals surface area contributed by atoms with Crippen LogP contribution in [-0.4, -0.2) is 24.1 Å². The fourth-order valence-electron chi connectivity index (χ4n) is 2.88. The van der Waals surface area contributed by atoms with Gasteiger partial charge in [0.15, 0.2) is 0 Å². The van der Waals surface area contributed by atoms with E-state index in [-0.39, 0.29) is 24.1 Å². The standard InChI is InChI=1S/C22H22F2N2O3S/c1-3-28-18-9-7-15(8-10-18)21-26-17(13-30-21)12-20(27)25-14(2)16-5-4-6-19(11-16)29-22(23)24/h4-11,13-14,22H,3,12H2,1-2H3,(H,25,27). The van der Waals surface area contributed by atoms with Crippen LogP contribution in [0.3, 0.4) is 0 Å². The molecule has 1 atom stereocenters. The lowest BCUT2D eigenvalue weighted by Crippen LogP contribution is -2.28. The van der Waals surface area contributed by atoms with Crippen molar-refractivity contribution in [1.82, 2.24) is 10.3 Å². The molecule has 158 valence electrons. The normalized spacial score (nSPS) is 11.9. The predicted molar refractivity (Wildman–Crippen MR) is 112 cm³/mol. The van der Waals surface area contributed by atoms with Gasteiger partial charge in [0, 0.05) is 10.9 Å². The van der Waals surface area contributed by atoms with Gasteiger partial charge in [-0.3, -0.25) is 4.79 Å². The Kier molecular flexibility index (Phi) is 7.35. The number of carbonyl (C=O) groups excluding carboxylic acids is 1. The fraction of sp³-hybridized carbons (Fsp3) is 0.273. The molecule has 3 aromatic rings. The molecule has 3 rings (SSSR count). The van der Waals surface area contributed by atoms with Gasteiger partial charge >= 0.3 is 6.61 Å². The van der Waals surface area contributed by atoms with Crippen molar-refractivity contribution in [2.75, 3.05) is 6.61 Å². The minimum atomic E-state index is -2.89. The average Bonchev–Trinajstić information content (AvgIpc) is 3.16. The summed E-state index contributed by atoms with van der Waals surface area (Å²) in [5.74, 6) is 0.656. The van der Waals surface area contributed by atoms with Crippen LogP contribution in [0.1, 0.15) is 31.1 Å². The van der Waals surface area contributed by atoms with E-state index in [1.807, 2.05) is 36.6 Å². The second-order valence-corrected chi connectivity index (χ2v) is 7.38. The first-order chi connectivity index (χ1) is 14.4. The number of hydrogen-bond acceptors (Lipinski definition) is 5. The molecule has 0 aliphatic heterocycles. The van der Waals surface area contributed by atoms with E-state index in [9.17, 15) is 13.6 Å². The molecule has 0 bridgehead atoms. The van der Waals surface area contributed by atoms with Crippen molar-refractivity contribution < 1.29 is 23.0 Å². The molecule has 0 saturated heterocycles. The highest BCUT2D eigenvalue weighted by molar-refractivity contribution is 7.13. The van der Waals surface area contributed by atoms with Crippen LogP contribution in [0.4, 0.5) is 8.78 Å². The Hall–Kier alpha value is -3.00. The number of alkyl halides is 2. The SMILES string of the molecule is CCOc1ccc(-c2nc(CC(=O)NC(C)c3cccc(OC(F)F)c3)cs2)cc1. The van der Waals surface area contributed by atoms with Gasteiger partial charge < -0.3 is 14.8 Å². The molecule has 30 heavy (non-hydrogen) atoms. The third kappa shape index (κ3) is 6.00. The molecular weight excluding hydrogens is 410 g/mol. The Morgan fingerprint density at radius 3 is 2.63 bits per heavy atom. The van der Waals surface area contributed by atoms with Gasteiger partial charge in [-0.2, -0.15) is 8.78 Å². The number of thiazole rings is 1. The number of carbonyl (C=O) groups is 1. The predicted octanol–water partition coefficient (Wildman–Crippen LogP) is 5.23. The highest BCUT2D eigenvalue weighted by Gasteiger charge is 2.14. The second kappa shape index (κ2) is 10.2. The van der Waals surface area contributed by atoms with E-state index >= 15 is 0 Å². The highest BCUT2D eigenvalue weighted by Crippen LogP contribution is 2.26. The van der Waals surface area contributed by atoms with Crippen molar-refractivity contribution in [2.24, 2.45) is 0 Å². The number of hydrogen-bond donors (Lipinski definition) is 1. The number of aromatic nitrogens is 1. The zero-order chi connectivity index (χ0) is 21.5. The molecule has 5 nitrogen and oxygen atoms in total. The molecule has 0 saturated carbocycles. The van der Waals surface area contributed by atoms with Gasteiger partial charge in [0.25, 0.3) is 0 Å². The van der Waals surface area contributed by atoms with Crippen LogP contribution in [0, 0.1) is 0 Å². The Bertz CT molecular complexity index is 977. The molecule has 1 unspecified atom stereocenters. The summed E-state index contributed by atoms with van der Waals surface area (Å²) in [5.41, 5.74) is 2.30. The van der Waals surface area contributed by atoms with E-state index in [0.717, 1.165) is 16.3 Å². The number of nitrogens with zero attached hydrogens (tertiary/aromatic N) is 1.